The fourth-order valence-electron chi connectivity index (χ4n) is 4.18. The fraction of sp³-hybridized carbons (Fsp3) is 0.250. The number of fused-ring (bicyclic) bond motifs is 1. The number of amides is 1. The third-order valence-electron chi connectivity index (χ3n) is 6.06. The van der Waals surface area contributed by atoms with E-state index >= 15 is 0 Å². The first kappa shape index (κ1) is 24.6. The summed E-state index contributed by atoms with van der Waals surface area (Å²) in [5.74, 6) is -1.78. The minimum atomic E-state index is -0.990. The molecule has 2 atom stereocenters. The Balaban J connectivity index is 1.47. The van der Waals surface area contributed by atoms with Gasteiger partial charge in [-0.3, -0.25) is 4.79 Å². The highest BCUT2D eigenvalue weighted by Crippen LogP contribution is 2.16. The van der Waals surface area contributed by atoms with Crippen molar-refractivity contribution in [2.75, 3.05) is 6.54 Å². The lowest BCUT2D eigenvalue weighted by atomic mass is 9.99. The van der Waals surface area contributed by atoms with Crippen LogP contribution < -0.4 is 10.6 Å². The van der Waals surface area contributed by atoms with Crippen molar-refractivity contribution >= 4 is 16.8 Å². The SMILES string of the molecule is CCc1cccc(CNC[C@@H](O)[C@H](Cc2cc(F)cc(F)c2)NC(=O)c2ccc3[nH]ccc3c2)c1. The summed E-state index contributed by atoms with van der Waals surface area (Å²) in [4.78, 5) is 16.1. The number of aromatic nitrogens is 1. The largest absolute Gasteiger partial charge is 0.390 e. The zero-order valence-corrected chi connectivity index (χ0v) is 19.5. The highest BCUT2D eigenvalue weighted by atomic mass is 19.1. The molecule has 0 spiro atoms. The molecule has 4 rings (SSSR count). The first-order valence-corrected chi connectivity index (χ1v) is 11.7. The van der Waals surface area contributed by atoms with Crippen LogP contribution in [0.1, 0.15) is 34.0 Å². The van der Waals surface area contributed by atoms with Crippen molar-refractivity contribution in [3.8, 4) is 0 Å². The molecule has 182 valence electrons. The summed E-state index contributed by atoms with van der Waals surface area (Å²) < 4.78 is 27.5. The average Bonchev–Trinajstić information content (AvgIpc) is 3.31. The van der Waals surface area contributed by atoms with E-state index < -0.39 is 23.8 Å². The number of rotatable bonds is 10. The standard InChI is InChI=1S/C28H29F2N3O2/c1-2-18-4-3-5-19(10-18)16-31-17-27(34)26(13-20-11-23(29)15-24(30)12-20)33-28(35)22-6-7-25-21(14-22)8-9-32-25/h3-12,14-15,26-27,31-32,34H,2,13,16-17H2,1H3,(H,33,35)/t26-,27+/m0/s1. The Hall–Kier alpha value is -3.55. The van der Waals surface area contributed by atoms with Gasteiger partial charge in [-0.2, -0.15) is 0 Å². The molecule has 0 saturated carbocycles. The molecule has 0 fully saturated rings. The van der Waals surface area contributed by atoms with Crippen molar-refractivity contribution in [1.82, 2.24) is 15.6 Å². The molecule has 0 unspecified atom stereocenters. The molecule has 0 saturated heterocycles. The molecule has 5 nitrogen and oxygen atoms in total. The predicted octanol–water partition coefficient (Wildman–Crippen LogP) is 4.50. The third-order valence-corrected chi connectivity index (χ3v) is 6.06. The summed E-state index contributed by atoms with van der Waals surface area (Å²) in [7, 11) is 0. The van der Waals surface area contributed by atoms with Gasteiger partial charge in [-0.25, -0.2) is 8.78 Å². The number of halogens is 2. The van der Waals surface area contributed by atoms with Gasteiger partial charge < -0.3 is 20.7 Å². The first-order chi connectivity index (χ1) is 16.9. The molecule has 0 aliphatic heterocycles. The van der Waals surface area contributed by atoms with E-state index in [0.29, 0.717) is 17.7 Å². The van der Waals surface area contributed by atoms with Crippen molar-refractivity contribution < 1.29 is 18.7 Å². The molecule has 7 heteroatoms. The van der Waals surface area contributed by atoms with Gasteiger partial charge in [0.1, 0.15) is 11.6 Å². The van der Waals surface area contributed by atoms with E-state index in [1.807, 2.05) is 24.3 Å². The molecule has 0 radical (unpaired) electrons. The van der Waals surface area contributed by atoms with Crippen LogP contribution in [0.2, 0.25) is 0 Å². The second-order valence-corrected chi connectivity index (χ2v) is 8.71. The van der Waals surface area contributed by atoms with E-state index in [2.05, 4.69) is 34.7 Å². The molecule has 4 aromatic rings. The molecule has 0 aliphatic carbocycles. The van der Waals surface area contributed by atoms with E-state index in [-0.39, 0.29) is 18.9 Å². The maximum atomic E-state index is 13.8. The van der Waals surface area contributed by atoms with E-state index in [0.717, 1.165) is 29.0 Å². The van der Waals surface area contributed by atoms with Crippen molar-refractivity contribution in [2.24, 2.45) is 0 Å². The lowest BCUT2D eigenvalue weighted by Gasteiger charge is -2.25. The molecule has 1 amide bonds. The fourth-order valence-corrected chi connectivity index (χ4v) is 4.18. The van der Waals surface area contributed by atoms with Gasteiger partial charge in [-0.15, -0.1) is 0 Å². The van der Waals surface area contributed by atoms with Gasteiger partial charge in [-0.1, -0.05) is 31.2 Å². The molecular formula is C28H29F2N3O2. The molecule has 0 aliphatic rings. The second kappa shape index (κ2) is 11.3. The van der Waals surface area contributed by atoms with Crippen LogP contribution in [-0.4, -0.2) is 34.7 Å². The smallest absolute Gasteiger partial charge is 0.251 e. The van der Waals surface area contributed by atoms with Crippen LogP contribution in [0.15, 0.2) is 72.9 Å². The average molecular weight is 478 g/mol. The summed E-state index contributed by atoms with van der Waals surface area (Å²) in [5, 5.41) is 17.9. The number of aromatic amines is 1. The molecule has 35 heavy (non-hydrogen) atoms. The number of carbonyl (C=O) groups is 1. The van der Waals surface area contributed by atoms with Gasteiger partial charge in [0, 0.05) is 41.8 Å². The lowest BCUT2D eigenvalue weighted by molar-refractivity contribution is 0.0830. The van der Waals surface area contributed by atoms with Crippen molar-refractivity contribution in [2.45, 2.75) is 38.5 Å². The summed E-state index contributed by atoms with van der Waals surface area (Å²) in [6.07, 6.45) is 1.81. The Kier molecular flexibility index (Phi) is 7.90. The number of aryl methyl sites for hydroxylation is 1. The number of aliphatic hydroxyl groups is 1. The number of aliphatic hydroxyl groups excluding tert-OH is 1. The number of H-pyrrole nitrogens is 1. The van der Waals surface area contributed by atoms with Crippen LogP contribution in [0.4, 0.5) is 8.78 Å². The Bertz CT molecular complexity index is 1280. The van der Waals surface area contributed by atoms with Crippen molar-refractivity contribution in [3.63, 3.8) is 0 Å². The van der Waals surface area contributed by atoms with Gasteiger partial charge in [0.15, 0.2) is 0 Å². The molecule has 1 aromatic heterocycles. The van der Waals surface area contributed by atoms with Crippen LogP contribution in [0.3, 0.4) is 0 Å². The number of hydrogen-bond acceptors (Lipinski definition) is 3. The minimum absolute atomic E-state index is 0.0704. The van der Waals surface area contributed by atoms with Gasteiger partial charge in [0.2, 0.25) is 0 Å². The zero-order valence-electron chi connectivity index (χ0n) is 19.5. The maximum Gasteiger partial charge on any atom is 0.251 e. The van der Waals surface area contributed by atoms with Crippen LogP contribution in [-0.2, 0) is 19.4 Å². The van der Waals surface area contributed by atoms with Crippen LogP contribution in [0.5, 0.6) is 0 Å². The van der Waals surface area contributed by atoms with Gasteiger partial charge in [0.05, 0.1) is 12.1 Å². The molecule has 4 N–H and O–H groups in total. The van der Waals surface area contributed by atoms with E-state index in [1.165, 1.54) is 17.7 Å². The first-order valence-electron chi connectivity index (χ1n) is 11.7. The summed E-state index contributed by atoms with van der Waals surface area (Å²) in [6.45, 7) is 2.83. The summed E-state index contributed by atoms with van der Waals surface area (Å²) >= 11 is 0. The molecule has 1 heterocycles. The number of benzene rings is 3. The normalized spacial score (nSPS) is 13.0. The van der Waals surface area contributed by atoms with Gasteiger partial charge >= 0.3 is 0 Å². The Labute approximate surface area is 203 Å². The van der Waals surface area contributed by atoms with Crippen LogP contribution in [0.25, 0.3) is 10.9 Å². The third kappa shape index (κ3) is 6.53. The Morgan fingerprint density at radius 2 is 1.74 bits per heavy atom. The minimum Gasteiger partial charge on any atom is -0.390 e. The van der Waals surface area contributed by atoms with E-state index in [1.54, 1.807) is 18.3 Å². The topological polar surface area (TPSA) is 77.2 Å². The predicted molar refractivity (Wildman–Crippen MR) is 133 cm³/mol. The monoisotopic (exact) mass is 477 g/mol. The molecule has 0 bridgehead atoms. The summed E-state index contributed by atoms with van der Waals surface area (Å²) in [5.41, 5.74) is 4.00. The van der Waals surface area contributed by atoms with Crippen molar-refractivity contribution in [3.05, 3.63) is 107 Å². The Morgan fingerprint density at radius 3 is 2.51 bits per heavy atom. The number of hydrogen-bond donors (Lipinski definition) is 4. The zero-order chi connectivity index (χ0) is 24.8. The van der Waals surface area contributed by atoms with Crippen LogP contribution in [0, 0.1) is 11.6 Å². The highest BCUT2D eigenvalue weighted by molar-refractivity contribution is 5.98. The Morgan fingerprint density at radius 1 is 0.971 bits per heavy atom. The van der Waals surface area contributed by atoms with Crippen LogP contribution >= 0.6 is 0 Å². The van der Waals surface area contributed by atoms with Crippen molar-refractivity contribution in [1.29, 1.82) is 0 Å². The highest BCUT2D eigenvalue weighted by Gasteiger charge is 2.23. The number of carbonyl (C=O) groups excluding carboxylic acids is 1. The van der Waals surface area contributed by atoms with E-state index in [9.17, 15) is 18.7 Å². The quantitative estimate of drug-likeness (QED) is 0.272. The van der Waals surface area contributed by atoms with E-state index in [4.69, 9.17) is 0 Å². The lowest BCUT2D eigenvalue weighted by Crippen LogP contribution is -2.48. The summed E-state index contributed by atoms with van der Waals surface area (Å²) in [6, 6.07) is 17.7. The molecular weight excluding hydrogens is 448 g/mol. The second-order valence-electron chi connectivity index (χ2n) is 8.71. The molecule has 3 aromatic carbocycles. The number of nitrogens with one attached hydrogen (secondary N) is 3. The maximum absolute atomic E-state index is 13.8. The van der Waals surface area contributed by atoms with Gasteiger partial charge in [-0.05, 0) is 65.9 Å². The van der Waals surface area contributed by atoms with Gasteiger partial charge in [0.25, 0.3) is 5.91 Å².